The lowest BCUT2D eigenvalue weighted by Gasteiger charge is -2.34. The number of carbonyl (C=O) groups is 1. The van der Waals surface area contributed by atoms with E-state index in [0.717, 1.165) is 0 Å². The Morgan fingerprint density at radius 1 is 1.29 bits per heavy atom. The van der Waals surface area contributed by atoms with Crippen LogP contribution in [-0.2, 0) is 4.79 Å². The summed E-state index contributed by atoms with van der Waals surface area (Å²) in [6.45, 7) is 0. The number of hydrogen-bond donors (Lipinski definition) is 1. The molecular formula is C18H15N5O4S. The number of hydrogen-bond acceptors (Lipinski definition) is 8. The third-order valence-corrected chi connectivity index (χ3v) is 4.98. The van der Waals surface area contributed by atoms with Gasteiger partial charge in [-0.3, -0.25) is 25.2 Å². The highest BCUT2D eigenvalue weighted by Gasteiger charge is 2.36. The first-order valence-electron chi connectivity index (χ1n) is 8.26. The highest BCUT2D eigenvalue weighted by Crippen LogP contribution is 2.37. The number of nitro groups is 1. The topological polar surface area (TPSA) is 109 Å². The Labute approximate surface area is 163 Å². The molecule has 0 unspecified atom stereocenters. The van der Waals surface area contributed by atoms with E-state index in [1.54, 1.807) is 18.4 Å². The van der Waals surface area contributed by atoms with Crippen molar-refractivity contribution in [3.8, 4) is 5.75 Å². The first-order chi connectivity index (χ1) is 13.5. The summed E-state index contributed by atoms with van der Waals surface area (Å²) in [6, 6.07) is 11.5. The van der Waals surface area contributed by atoms with Crippen molar-refractivity contribution in [3.63, 3.8) is 0 Å². The zero-order chi connectivity index (χ0) is 19.8. The molecule has 2 aliphatic rings. The molecule has 2 heterocycles. The van der Waals surface area contributed by atoms with Gasteiger partial charge in [0.05, 0.1) is 17.4 Å². The molecule has 2 aliphatic heterocycles. The number of ether oxygens (including phenoxy) is 1. The monoisotopic (exact) mass is 397 g/mol. The molecule has 0 aromatic heterocycles. The zero-order valence-corrected chi connectivity index (χ0v) is 15.8. The van der Waals surface area contributed by atoms with Crippen LogP contribution in [0.3, 0.4) is 0 Å². The number of hydrazone groups is 1. The SMILES string of the molecule is COc1ccc([N+](=O)[O-])cc1[C@@H]1N=c2ccccc2=C2C(=O)NC(SC)=NN21. The molecule has 9 nitrogen and oxygen atoms in total. The van der Waals surface area contributed by atoms with Crippen LogP contribution in [0.5, 0.6) is 5.75 Å². The minimum atomic E-state index is -0.784. The Morgan fingerprint density at radius 2 is 2.07 bits per heavy atom. The van der Waals surface area contributed by atoms with Crippen molar-refractivity contribution < 1.29 is 14.5 Å². The summed E-state index contributed by atoms with van der Waals surface area (Å²) >= 11 is 1.28. The molecule has 142 valence electrons. The summed E-state index contributed by atoms with van der Waals surface area (Å²) in [5.41, 5.74) is 0.687. The van der Waals surface area contributed by atoms with E-state index in [-0.39, 0.29) is 11.6 Å². The third kappa shape index (κ3) is 2.87. The molecule has 1 atom stereocenters. The number of methoxy groups -OCH3 is 1. The van der Waals surface area contributed by atoms with Crippen LogP contribution in [-0.4, -0.2) is 34.4 Å². The Morgan fingerprint density at radius 3 is 2.79 bits per heavy atom. The second kappa shape index (κ2) is 6.97. The number of para-hydroxylation sites is 1. The van der Waals surface area contributed by atoms with Gasteiger partial charge in [0.25, 0.3) is 11.6 Å². The third-order valence-electron chi connectivity index (χ3n) is 4.41. The molecule has 10 heteroatoms. The number of amidine groups is 1. The molecule has 28 heavy (non-hydrogen) atoms. The van der Waals surface area contributed by atoms with Crippen LogP contribution in [0.2, 0.25) is 0 Å². The standard InChI is InChI=1S/C18H15N5O4S/c1-27-14-8-7-10(23(25)26)9-12(14)16-19-13-6-4-3-5-11(13)15-17(24)20-18(28-2)21-22(15)16/h3-9,16H,1-2H3,(H,20,21,24)/t16-/m1/s1. The number of nitro benzene ring substituents is 1. The molecule has 1 N–H and O–H groups in total. The van der Waals surface area contributed by atoms with Crippen molar-refractivity contribution in [1.82, 2.24) is 10.3 Å². The van der Waals surface area contributed by atoms with E-state index in [2.05, 4.69) is 10.4 Å². The van der Waals surface area contributed by atoms with Crippen LogP contribution in [0.15, 0.2) is 52.6 Å². The molecule has 2 aromatic carbocycles. The number of nitrogens with zero attached hydrogens (tertiary/aromatic N) is 4. The summed E-state index contributed by atoms with van der Waals surface area (Å²) in [4.78, 5) is 28.3. The fourth-order valence-corrected chi connectivity index (χ4v) is 3.52. The lowest BCUT2D eigenvalue weighted by Crippen LogP contribution is -2.50. The predicted octanol–water partition coefficient (Wildman–Crippen LogP) is 1.11. The maximum absolute atomic E-state index is 12.8. The number of thioether (sulfide) groups is 1. The summed E-state index contributed by atoms with van der Waals surface area (Å²) in [5.74, 6) is 0.112. The molecule has 0 bridgehead atoms. The smallest absolute Gasteiger partial charge is 0.276 e. The average molecular weight is 397 g/mol. The van der Waals surface area contributed by atoms with Crippen molar-refractivity contribution in [2.75, 3.05) is 13.4 Å². The van der Waals surface area contributed by atoms with Crippen molar-refractivity contribution in [2.45, 2.75) is 6.17 Å². The van der Waals surface area contributed by atoms with Gasteiger partial charge in [0.15, 0.2) is 11.3 Å². The van der Waals surface area contributed by atoms with Gasteiger partial charge < -0.3 is 4.74 Å². The molecule has 0 aliphatic carbocycles. The van der Waals surface area contributed by atoms with Crippen LogP contribution in [0.25, 0.3) is 5.70 Å². The molecule has 0 fully saturated rings. The van der Waals surface area contributed by atoms with Crippen molar-refractivity contribution in [1.29, 1.82) is 0 Å². The van der Waals surface area contributed by atoms with Crippen LogP contribution in [0.4, 0.5) is 5.69 Å². The van der Waals surface area contributed by atoms with Gasteiger partial charge in [0, 0.05) is 22.9 Å². The second-order valence-electron chi connectivity index (χ2n) is 5.96. The predicted molar refractivity (Wildman–Crippen MR) is 104 cm³/mol. The largest absolute Gasteiger partial charge is 0.496 e. The molecule has 4 rings (SSSR count). The fourth-order valence-electron chi connectivity index (χ4n) is 3.16. The van der Waals surface area contributed by atoms with E-state index in [0.29, 0.717) is 32.8 Å². The minimum Gasteiger partial charge on any atom is -0.496 e. The second-order valence-corrected chi connectivity index (χ2v) is 6.75. The Kier molecular flexibility index (Phi) is 4.47. The number of non-ortho nitro benzene ring substituents is 1. The van der Waals surface area contributed by atoms with E-state index in [4.69, 9.17) is 9.73 Å². The molecule has 1 amide bonds. The fraction of sp³-hybridized carbons (Fsp3) is 0.167. The molecule has 0 saturated heterocycles. The van der Waals surface area contributed by atoms with Gasteiger partial charge in [0.1, 0.15) is 11.4 Å². The molecule has 0 spiro atoms. The molecule has 2 aromatic rings. The maximum atomic E-state index is 12.8. The van der Waals surface area contributed by atoms with E-state index < -0.39 is 11.1 Å². The number of fused-ring (bicyclic) bond motifs is 2. The number of benzene rings is 2. The van der Waals surface area contributed by atoms with Crippen LogP contribution >= 0.6 is 11.8 Å². The lowest BCUT2D eigenvalue weighted by molar-refractivity contribution is -0.385. The van der Waals surface area contributed by atoms with Gasteiger partial charge >= 0.3 is 0 Å². The maximum Gasteiger partial charge on any atom is 0.276 e. The highest BCUT2D eigenvalue weighted by atomic mass is 32.2. The van der Waals surface area contributed by atoms with Crippen molar-refractivity contribution in [2.24, 2.45) is 10.1 Å². The van der Waals surface area contributed by atoms with Crippen LogP contribution in [0.1, 0.15) is 11.7 Å². The van der Waals surface area contributed by atoms with Gasteiger partial charge in [0.2, 0.25) is 0 Å². The Hall–Kier alpha value is -3.40. The summed E-state index contributed by atoms with van der Waals surface area (Å²) in [7, 11) is 1.48. The Balaban J connectivity index is 2.01. The highest BCUT2D eigenvalue weighted by molar-refractivity contribution is 8.13. The molecule has 0 saturated carbocycles. The number of rotatable bonds is 3. The van der Waals surface area contributed by atoms with Crippen LogP contribution in [0, 0.1) is 10.1 Å². The van der Waals surface area contributed by atoms with E-state index in [9.17, 15) is 14.9 Å². The number of nitrogens with one attached hydrogen (secondary N) is 1. The van der Waals surface area contributed by atoms with E-state index in [1.807, 2.05) is 12.1 Å². The summed E-state index contributed by atoms with van der Waals surface area (Å²) in [5, 5.41) is 21.7. The first kappa shape index (κ1) is 18.0. The van der Waals surface area contributed by atoms with Crippen LogP contribution < -0.4 is 20.6 Å². The van der Waals surface area contributed by atoms with E-state index in [1.165, 1.54) is 42.1 Å². The first-order valence-corrected chi connectivity index (χ1v) is 9.48. The quantitative estimate of drug-likeness (QED) is 0.614. The average Bonchev–Trinajstić information content (AvgIpc) is 2.72. The Bertz CT molecular complexity index is 1150. The van der Waals surface area contributed by atoms with Gasteiger partial charge in [-0.15, -0.1) is 5.10 Å². The normalized spacial score (nSPS) is 17.7. The summed E-state index contributed by atoms with van der Waals surface area (Å²) < 4.78 is 5.41. The molecular weight excluding hydrogens is 382 g/mol. The number of carbonyl (C=O) groups excluding carboxylic acids is 1. The van der Waals surface area contributed by atoms with Crippen molar-refractivity contribution >= 4 is 34.2 Å². The van der Waals surface area contributed by atoms with Gasteiger partial charge in [-0.25, -0.2) is 5.01 Å². The van der Waals surface area contributed by atoms with Gasteiger partial charge in [-0.05, 0) is 18.4 Å². The van der Waals surface area contributed by atoms with Gasteiger partial charge in [-0.2, -0.15) is 0 Å². The molecule has 0 radical (unpaired) electrons. The zero-order valence-electron chi connectivity index (χ0n) is 14.9. The van der Waals surface area contributed by atoms with Gasteiger partial charge in [-0.1, -0.05) is 30.0 Å². The minimum absolute atomic E-state index is 0.0954. The lowest BCUT2D eigenvalue weighted by atomic mass is 10.1. The summed E-state index contributed by atoms with van der Waals surface area (Å²) in [6.07, 6.45) is 1.01. The van der Waals surface area contributed by atoms with Crippen molar-refractivity contribution in [3.05, 3.63) is 68.7 Å². The number of amides is 1. The van der Waals surface area contributed by atoms with E-state index >= 15 is 0 Å².